The maximum absolute atomic E-state index is 12.3. The molecule has 134 valence electrons. The Kier molecular flexibility index (Phi) is 7.55. The van der Waals surface area contributed by atoms with E-state index < -0.39 is 0 Å². The van der Waals surface area contributed by atoms with Gasteiger partial charge in [0.15, 0.2) is 11.5 Å². The summed E-state index contributed by atoms with van der Waals surface area (Å²) in [5.41, 5.74) is 1.65. The summed E-state index contributed by atoms with van der Waals surface area (Å²) in [6.07, 6.45) is 0.997. The van der Waals surface area contributed by atoms with Gasteiger partial charge in [-0.25, -0.2) is 0 Å². The summed E-state index contributed by atoms with van der Waals surface area (Å²) < 4.78 is 12.1. The molecule has 4 nitrogen and oxygen atoms in total. The quantitative estimate of drug-likeness (QED) is 0.592. The molecule has 1 N–H and O–H groups in total. The van der Waals surface area contributed by atoms with Crippen molar-refractivity contribution in [3.8, 4) is 11.5 Å². The lowest BCUT2D eigenvalue weighted by atomic mass is 10.1. The Bertz CT molecular complexity index is 716. The van der Waals surface area contributed by atoms with Gasteiger partial charge in [-0.2, -0.15) is 0 Å². The maximum atomic E-state index is 12.3. The van der Waals surface area contributed by atoms with Crippen molar-refractivity contribution in [2.24, 2.45) is 5.92 Å². The van der Waals surface area contributed by atoms with Gasteiger partial charge in [0.1, 0.15) is 0 Å². The van der Waals surface area contributed by atoms with Crippen molar-refractivity contribution >= 4 is 28.5 Å². The zero-order valence-corrected chi connectivity index (χ0v) is 17.0. The lowest BCUT2D eigenvalue weighted by Crippen LogP contribution is -2.23. The second-order valence-corrected chi connectivity index (χ2v) is 7.34. The lowest BCUT2D eigenvalue weighted by Gasteiger charge is -2.13. The predicted molar refractivity (Wildman–Crippen MR) is 108 cm³/mol. The lowest BCUT2D eigenvalue weighted by molar-refractivity contribution is 0.0950. The topological polar surface area (TPSA) is 47.6 Å². The number of halogens is 1. The molecule has 0 aliphatic rings. The highest BCUT2D eigenvalue weighted by molar-refractivity contribution is 14.1. The smallest absolute Gasteiger partial charge is 0.252 e. The highest BCUT2D eigenvalue weighted by Gasteiger charge is 2.10. The second kappa shape index (κ2) is 9.65. The molecule has 0 fully saturated rings. The van der Waals surface area contributed by atoms with Crippen LogP contribution in [0.1, 0.15) is 36.2 Å². The molecule has 5 heteroatoms. The minimum Gasteiger partial charge on any atom is -0.493 e. The molecule has 2 rings (SSSR count). The minimum atomic E-state index is -0.0822. The van der Waals surface area contributed by atoms with Crippen molar-refractivity contribution in [2.45, 2.75) is 26.8 Å². The number of methoxy groups -OCH3 is 1. The molecule has 0 heterocycles. The summed E-state index contributed by atoms with van der Waals surface area (Å²) >= 11 is 2.17. The maximum Gasteiger partial charge on any atom is 0.252 e. The SMILES string of the molecule is COc1cc(CNC(=O)c2ccccc2I)ccc1OCCC(C)C. The molecule has 0 radical (unpaired) electrons. The number of hydrogen-bond acceptors (Lipinski definition) is 3. The molecular weight excluding hydrogens is 429 g/mol. The highest BCUT2D eigenvalue weighted by atomic mass is 127. The van der Waals surface area contributed by atoms with Gasteiger partial charge < -0.3 is 14.8 Å². The molecule has 0 aliphatic heterocycles. The average molecular weight is 453 g/mol. The van der Waals surface area contributed by atoms with Crippen LogP contribution in [0.3, 0.4) is 0 Å². The molecular formula is C20H24INO3. The fraction of sp³-hybridized carbons (Fsp3) is 0.350. The largest absolute Gasteiger partial charge is 0.493 e. The Morgan fingerprint density at radius 2 is 1.92 bits per heavy atom. The van der Waals surface area contributed by atoms with Crippen molar-refractivity contribution < 1.29 is 14.3 Å². The number of benzene rings is 2. The van der Waals surface area contributed by atoms with Crippen molar-refractivity contribution in [3.63, 3.8) is 0 Å². The van der Waals surface area contributed by atoms with Gasteiger partial charge in [-0.15, -0.1) is 0 Å². The second-order valence-electron chi connectivity index (χ2n) is 6.18. The van der Waals surface area contributed by atoms with Gasteiger partial charge in [-0.1, -0.05) is 32.0 Å². The normalized spacial score (nSPS) is 10.6. The van der Waals surface area contributed by atoms with Crippen LogP contribution in [0.15, 0.2) is 42.5 Å². The third-order valence-electron chi connectivity index (χ3n) is 3.75. The van der Waals surface area contributed by atoms with Crippen LogP contribution < -0.4 is 14.8 Å². The first-order chi connectivity index (χ1) is 12.0. The molecule has 0 aromatic heterocycles. The van der Waals surface area contributed by atoms with E-state index in [2.05, 4.69) is 41.8 Å². The zero-order chi connectivity index (χ0) is 18.2. The molecule has 0 aliphatic carbocycles. The van der Waals surface area contributed by atoms with E-state index in [9.17, 15) is 4.79 Å². The number of rotatable bonds is 8. The van der Waals surface area contributed by atoms with Gasteiger partial charge in [0.2, 0.25) is 0 Å². The molecule has 0 saturated carbocycles. The van der Waals surface area contributed by atoms with E-state index in [4.69, 9.17) is 9.47 Å². The fourth-order valence-corrected chi connectivity index (χ4v) is 2.90. The van der Waals surface area contributed by atoms with Crippen molar-refractivity contribution in [3.05, 3.63) is 57.2 Å². The van der Waals surface area contributed by atoms with Gasteiger partial charge in [0.25, 0.3) is 5.91 Å². The molecule has 0 saturated heterocycles. The standard InChI is InChI=1S/C20H24INO3/c1-14(2)10-11-25-18-9-8-15(12-19(18)24-3)13-22-20(23)16-6-4-5-7-17(16)21/h4-9,12,14H,10-11,13H2,1-3H3,(H,22,23). The van der Waals surface area contributed by atoms with Crippen molar-refractivity contribution in [2.75, 3.05) is 13.7 Å². The van der Waals surface area contributed by atoms with Gasteiger partial charge in [-0.3, -0.25) is 4.79 Å². The van der Waals surface area contributed by atoms with Crippen LogP contribution in [0, 0.1) is 9.49 Å². The fourth-order valence-electron chi connectivity index (χ4n) is 2.27. The third kappa shape index (κ3) is 5.92. The summed E-state index contributed by atoms with van der Waals surface area (Å²) in [6.45, 7) is 5.43. The monoisotopic (exact) mass is 453 g/mol. The van der Waals surface area contributed by atoms with E-state index in [0.29, 0.717) is 30.4 Å². The molecule has 0 bridgehead atoms. The Labute approximate surface area is 163 Å². The van der Waals surface area contributed by atoms with Crippen LogP contribution in [-0.2, 0) is 6.54 Å². The molecule has 0 atom stereocenters. The van der Waals surface area contributed by atoms with Crippen LogP contribution >= 0.6 is 22.6 Å². The number of ether oxygens (including phenoxy) is 2. The Morgan fingerprint density at radius 1 is 1.16 bits per heavy atom. The Balaban J connectivity index is 1.98. The molecule has 2 aromatic rings. The molecule has 2 aromatic carbocycles. The van der Waals surface area contributed by atoms with Crippen LogP contribution in [0.4, 0.5) is 0 Å². The van der Waals surface area contributed by atoms with Crippen LogP contribution in [-0.4, -0.2) is 19.6 Å². The van der Waals surface area contributed by atoms with E-state index in [0.717, 1.165) is 21.3 Å². The summed E-state index contributed by atoms with van der Waals surface area (Å²) in [5.74, 6) is 1.93. The van der Waals surface area contributed by atoms with Gasteiger partial charge >= 0.3 is 0 Å². The van der Waals surface area contributed by atoms with E-state index in [-0.39, 0.29) is 5.91 Å². The van der Waals surface area contributed by atoms with Gasteiger partial charge in [0.05, 0.1) is 19.3 Å². The van der Waals surface area contributed by atoms with E-state index >= 15 is 0 Å². The zero-order valence-electron chi connectivity index (χ0n) is 14.8. The van der Waals surface area contributed by atoms with E-state index in [1.807, 2.05) is 42.5 Å². The van der Waals surface area contributed by atoms with Crippen molar-refractivity contribution in [1.82, 2.24) is 5.32 Å². The number of carbonyl (C=O) groups is 1. The number of hydrogen-bond donors (Lipinski definition) is 1. The van der Waals surface area contributed by atoms with Gasteiger partial charge in [0, 0.05) is 10.1 Å². The Hall–Kier alpha value is -1.76. The summed E-state index contributed by atoms with van der Waals surface area (Å²) in [7, 11) is 1.62. The molecule has 1 amide bonds. The number of amides is 1. The Morgan fingerprint density at radius 3 is 2.60 bits per heavy atom. The van der Waals surface area contributed by atoms with Crippen LogP contribution in [0.2, 0.25) is 0 Å². The molecule has 25 heavy (non-hydrogen) atoms. The van der Waals surface area contributed by atoms with E-state index in [1.165, 1.54) is 0 Å². The first-order valence-electron chi connectivity index (χ1n) is 8.33. The molecule has 0 unspecified atom stereocenters. The van der Waals surface area contributed by atoms with Crippen molar-refractivity contribution in [1.29, 1.82) is 0 Å². The van der Waals surface area contributed by atoms with Gasteiger partial charge in [-0.05, 0) is 64.8 Å². The first kappa shape index (κ1) is 19.6. The van der Waals surface area contributed by atoms with Crippen LogP contribution in [0.25, 0.3) is 0 Å². The predicted octanol–water partition coefficient (Wildman–Crippen LogP) is 4.65. The minimum absolute atomic E-state index is 0.0822. The van der Waals surface area contributed by atoms with Crippen LogP contribution in [0.5, 0.6) is 11.5 Å². The third-order valence-corrected chi connectivity index (χ3v) is 4.69. The highest BCUT2D eigenvalue weighted by Crippen LogP contribution is 2.28. The molecule has 0 spiro atoms. The average Bonchev–Trinajstić information content (AvgIpc) is 2.60. The number of nitrogens with one attached hydrogen (secondary N) is 1. The first-order valence-corrected chi connectivity index (χ1v) is 9.41. The summed E-state index contributed by atoms with van der Waals surface area (Å²) in [5, 5.41) is 2.94. The number of carbonyl (C=O) groups excluding carboxylic acids is 1. The summed E-state index contributed by atoms with van der Waals surface area (Å²) in [6, 6.07) is 13.3. The summed E-state index contributed by atoms with van der Waals surface area (Å²) in [4.78, 5) is 12.3. The van der Waals surface area contributed by atoms with E-state index in [1.54, 1.807) is 7.11 Å².